The van der Waals surface area contributed by atoms with Crippen molar-refractivity contribution in [2.24, 2.45) is 5.73 Å². The highest BCUT2D eigenvalue weighted by atomic mass is 16.3. The molecule has 1 atom stereocenters. The Balaban J connectivity index is 2.57. The van der Waals surface area contributed by atoms with Gasteiger partial charge in [0.15, 0.2) is 0 Å². The first kappa shape index (κ1) is 13.2. The van der Waals surface area contributed by atoms with Crippen LogP contribution in [0.4, 0.5) is 0 Å². The van der Waals surface area contributed by atoms with Crippen molar-refractivity contribution >= 4 is 0 Å². The van der Waals surface area contributed by atoms with Crippen LogP contribution >= 0.6 is 0 Å². The molecule has 0 spiro atoms. The molecular weight excluding hydrogens is 200 g/mol. The second-order valence-corrected chi connectivity index (χ2v) is 4.11. The fourth-order valence-electron chi connectivity index (χ4n) is 1.83. The molecule has 0 amide bonds. The molecule has 3 nitrogen and oxygen atoms in total. The fourth-order valence-corrected chi connectivity index (χ4v) is 1.83. The van der Waals surface area contributed by atoms with Crippen molar-refractivity contribution < 1.29 is 5.11 Å². The Kier molecular flexibility index (Phi) is 6.08. The third-order valence-corrected chi connectivity index (χ3v) is 2.82. The predicted octanol–water partition coefficient (Wildman–Crippen LogP) is 1.22. The van der Waals surface area contributed by atoms with Crippen LogP contribution in [0.15, 0.2) is 30.3 Å². The molecule has 0 aliphatic carbocycles. The number of nitrogens with zero attached hydrogens (tertiary/aromatic N) is 1. The third kappa shape index (κ3) is 4.31. The lowest BCUT2D eigenvalue weighted by Crippen LogP contribution is -2.36. The van der Waals surface area contributed by atoms with Crippen LogP contribution in [-0.4, -0.2) is 35.7 Å². The van der Waals surface area contributed by atoms with Crippen molar-refractivity contribution in [3.05, 3.63) is 35.9 Å². The van der Waals surface area contributed by atoms with Crippen molar-refractivity contribution in [2.75, 3.05) is 19.7 Å². The number of hydrogen-bond donors (Lipinski definition) is 2. The monoisotopic (exact) mass is 222 g/mol. The first-order valence-electron chi connectivity index (χ1n) is 5.86. The molecule has 0 saturated carbocycles. The maximum atomic E-state index is 9.06. The minimum Gasteiger partial charge on any atom is -0.395 e. The normalized spacial score (nSPS) is 13.0. The largest absolute Gasteiger partial charge is 0.395 e. The van der Waals surface area contributed by atoms with Gasteiger partial charge in [-0.25, -0.2) is 0 Å². The van der Waals surface area contributed by atoms with E-state index < -0.39 is 0 Å². The van der Waals surface area contributed by atoms with Gasteiger partial charge in [-0.2, -0.15) is 0 Å². The quantitative estimate of drug-likeness (QED) is 0.729. The summed E-state index contributed by atoms with van der Waals surface area (Å²) in [4.78, 5) is 2.27. The van der Waals surface area contributed by atoms with Crippen LogP contribution in [0, 0.1) is 0 Å². The van der Waals surface area contributed by atoms with E-state index in [1.165, 1.54) is 5.56 Å². The smallest absolute Gasteiger partial charge is 0.0558 e. The summed E-state index contributed by atoms with van der Waals surface area (Å²) >= 11 is 0. The zero-order chi connectivity index (χ0) is 11.8. The maximum absolute atomic E-state index is 9.06. The van der Waals surface area contributed by atoms with Crippen molar-refractivity contribution in [1.29, 1.82) is 0 Å². The number of rotatable bonds is 7. The second kappa shape index (κ2) is 7.39. The molecule has 0 aromatic heterocycles. The van der Waals surface area contributed by atoms with Gasteiger partial charge in [-0.1, -0.05) is 30.3 Å². The second-order valence-electron chi connectivity index (χ2n) is 4.11. The number of nitrogens with two attached hydrogens (primary N) is 1. The lowest BCUT2D eigenvalue weighted by Gasteiger charge is -2.28. The molecule has 0 bridgehead atoms. The highest BCUT2D eigenvalue weighted by Gasteiger charge is 2.12. The Labute approximate surface area is 97.9 Å². The van der Waals surface area contributed by atoms with E-state index in [1.54, 1.807) is 0 Å². The van der Waals surface area contributed by atoms with Gasteiger partial charge in [-0.05, 0) is 25.5 Å². The summed E-state index contributed by atoms with van der Waals surface area (Å²) in [6.07, 6.45) is 0.965. The molecule has 1 aromatic rings. The minimum atomic E-state index is 0.196. The summed E-state index contributed by atoms with van der Waals surface area (Å²) in [5.74, 6) is 0. The molecule has 3 heteroatoms. The summed E-state index contributed by atoms with van der Waals surface area (Å²) in [7, 11) is 0. The summed E-state index contributed by atoms with van der Waals surface area (Å²) in [5, 5.41) is 9.06. The summed E-state index contributed by atoms with van der Waals surface area (Å²) in [6.45, 7) is 4.63. The summed E-state index contributed by atoms with van der Waals surface area (Å²) in [6, 6.07) is 10.7. The van der Waals surface area contributed by atoms with E-state index in [4.69, 9.17) is 10.8 Å². The molecule has 0 aliphatic heterocycles. The topological polar surface area (TPSA) is 49.5 Å². The van der Waals surface area contributed by atoms with Crippen LogP contribution in [-0.2, 0) is 6.54 Å². The molecule has 16 heavy (non-hydrogen) atoms. The van der Waals surface area contributed by atoms with Crippen molar-refractivity contribution in [3.63, 3.8) is 0 Å². The molecular formula is C13H22N2O. The van der Waals surface area contributed by atoms with E-state index in [0.717, 1.165) is 13.0 Å². The van der Waals surface area contributed by atoms with Gasteiger partial charge in [-0.15, -0.1) is 0 Å². The van der Waals surface area contributed by atoms with Gasteiger partial charge in [0, 0.05) is 19.1 Å². The van der Waals surface area contributed by atoms with E-state index in [-0.39, 0.29) is 6.61 Å². The molecule has 1 aromatic carbocycles. The van der Waals surface area contributed by atoms with Crippen LogP contribution in [0.25, 0.3) is 0 Å². The molecule has 1 rings (SSSR count). The number of hydrogen-bond acceptors (Lipinski definition) is 3. The molecule has 1 unspecified atom stereocenters. The highest BCUT2D eigenvalue weighted by Crippen LogP contribution is 2.09. The molecule has 3 N–H and O–H groups in total. The minimum absolute atomic E-state index is 0.196. The Morgan fingerprint density at radius 3 is 2.56 bits per heavy atom. The maximum Gasteiger partial charge on any atom is 0.0558 e. The van der Waals surface area contributed by atoms with Crippen LogP contribution in [0.2, 0.25) is 0 Å². The van der Waals surface area contributed by atoms with Gasteiger partial charge in [0.1, 0.15) is 0 Å². The Hall–Kier alpha value is -0.900. The fraction of sp³-hybridized carbons (Fsp3) is 0.538. The highest BCUT2D eigenvalue weighted by molar-refractivity contribution is 5.14. The van der Waals surface area contributed by atoms with E-state index in [9.17, 15) is 0 Å². The van der Waals surface area contributed by atoms with Gasteiger partial charge in [0.25, 0.3) is 0 Å². The van der Waals surface area contributed by atoms with E-state index in [1.807, 2.05) is 18.2 Å². The molecule has 0 saturated heterocycles. The molecule has 0 radical (unpaired) electrons. The number of aliphatic hydroxyl groups is 1. The Morgan fingerprint density at radius 1 is 1.31 bits per heavy atom. The van der Waals surface area contributed by atoms with Gasteiger partial charge in [0.05, 0.1) is 6.61 Å². The van der Waals surface area contributed by atoms with Crippen molar-refractivity contribution in [1.82, 2.24) is 4.90 Å². The molecule has 0 aliphatic rings. The van der Waals surface area contributed by atoms with Crippen LogP contribution in [0.5, 0.6) is 0 Å². The molecule has 0 heterocycles. The standard InChI is InChI=1S/C13H22N2O/c1-12(7-8-14)15(9-10-16)11-13-5-3-2-4-6-13/h2-6,12,16H,7-11,14H2,1H3. The first-order valence-corrected chi connectivity index (χ1v) is 5.86. The predicted molar refractivity (Wildman–Crippen MR) is 67.1 cm³/mol. The van der Waals surface area contributed by atoms with E-state index >= 15 is 0 Å². The number of aliphatic hydroxyl groups excluding tert-OH is 1. The van der Waals surface area contributed by atoms with Crippen LogP contribution in [0.3, 0.4) is 0 Å². The average Bonchev–Trinajstić information content (AvgIpc) is 2.30. The zero-order valence-corrected chi connectivity index (χ0v) is 9.97. The van der Waals surface area contributed by atoms with E-state index in [0.29, 0.717) is 19.1 Å². The van der Waals surface area contributed by atoms with Gasteiger partial charge >= 0.3 is 0 Å². The van der Waals surface area contributed by atoms with E-state index in [2.05, 4.69) is 24.0 Å². The summed E-state index contributed by atoms with van der Waals surface area (Å²) < 4.78 is 0. The van der Waals surface area contributed by atoms with Crippen molar-refractivity contribution in [2.45, 2.75) is 25.9 Å². The van der Waals surface area contributed by atoms with Crippen LogP contribution < -0.4 is 5.73 Å². The molecule has 0 fully saturated rings. The summed E-state index contributed by atoms with van der Waals surface area (Å²) in [5.41, 5.74) is 6.85. The first-order chi connectivity index (χ1) is 7.77. The van der Waals surface area contributed by atoms with Crippen LogP contribution in [0.1, 0.15) is 18.9 Å². The van der Waals surface area contributed by atoms with Gasteiger partial charge in [-0.3, -0.25) is 4.90 Å². The lowest BCUT2D eigenvalue weighted by atomic mass is 10.1. The Bertz CT molecular complexity index is 277. The van der Waals surface area contributed by atoms with Crippen molar-refractivity contribution in [3.8, 4) is 0 Å². The van der Waals surface area contributed by atoms with Gasteiger partial charge in [0.2, 0.25) is 0 Å². The SMILES string of the molecule is CC(CCN)N(CCO)Cc1ccccc1. The third-order valence-electron chi connectivity index (χ3n) is 2.82. The zero-order valence-electron chi connectivity index (χ0n) is 9.97. The number of benzene rings is 1. The lowest BCUT2D eigenvalue weighted by molar-refractivity contribution is 0.147. The molecule has 90 valence electrons. The average molecular weight is 222 g/mol. The Morgan fingerprint density at radius 2 is 2.00 bits per heavy atom. The van der Waals surface area contributed by atoms with Gasteiger partial charge < -0.3 is 10.8 Å².